The van der Waals surface area contributed by atoms with Crippen LogP contribution in [0.1, 0.15) is 35.2 Å². The van der Waals surface area contributed by atoms with E-state index in [1.165, 1.54) is 17.2 Å². The molecule has 1 N–H and O–H groups in total. The summed E-state index contributed by atoms with van der Waals surface area (Å²) in [7, 11) is 0. The van der Waals surface area contributed by atoms with Crippen LogP contribution in [0.2, 0.25) is 0 Å². The van der Waals surface area contributed by atoms with Crippen molar-refractivity contribution in [3.8, 4) is 0 Å². The molecule has 2 aromatic carbocycles. The number of benzene rings is 2. The maximum absolute atomic E-state index is 13.6. The summed E-state index contributed by atoms with van der Waals surface area (Å²) in [6.07, 6.45) is 0. The fourth-order valence-corrected chi connectivity index (χ4v) is 3.19. The minimum absolute atomic E-state index is 0.0361. The lowest BCUT2D eigenvalue weighted by atomic mass is 9.95. The van der Waals surface area contributed by atoms with Gasteiger partial charge in [-0.3, -0.25) is 0 Å². The molecular formula is C17H17BrFNO. The van der Waals surface area contributed by atoms with Crippen LogP contribution >= 0.6 is 15.9 Å². The number of ether oxygens (including phenoxy) is 1. The predicted octanol–water partition coefficient (Wildman–Crippen LogP) is 4.32. The molecule has 0 aromatic heterocycles. The van der Waals surface area contributed by atoms with Crippen LogP contribution < -0.4 is 5.32 Å². The molecule has 2 nitrogen and oxygen atoms in total. The summed E-state index contributed by atoms with van der Waals surface area (Å²) in [5.74, 6) is -0.222. The maximum Gasteiger partial charge on any atom is 0.123 e. The van der Waals surface area contributed by atoms with Gasteiger partial charge in [0.2, 0.25) is 0 Å². The van der Waals surface area contributed by atoms with Gasteiger partial charge in [-0.2, -0.15) is 0 Å². The van der Waals surface area contributed by atoms with E-state index in [4.69, 9.17) is 4.74 Å². The molecule has 0 saturated heterocycles. The summed E-state index contributed by atoms with van der Waals surface area (Å²) in [6.45, 7) is 4.20. The van der Waals surface area contributed by atoms with E-state index in [1.54, 1.807) is 12.1 Å². The van der Waals surface area contributed by atoms with Crippen molar-refractivity contribution < 1.29 is 9.13 Å². The standard InChI is InChI=1S/C17H17BrFNO/c1-2-20-17(15-8-14(19)5-6-16(15)18)11-3-4-12-9-21-10-13(12)7-11/h3-8,17,20H,2,9-10H2,1H3. The average molecular weight is 350 g/mol. The number of hydrogen-bond acceptors (Lipinski definition) is 2. The third-order valence-corrected chi connectivity index (χ3v) is 4.48. The summed E-state index contributed by atoms with van der Waals surface area (Å²) in [6, 6.07) is 11.1. The van der Waals surface area contributed by atoms with Crippen molar-refractivity contribution >= 4 is 15.9 Å². The van der Waals surface area contributed by atoms with Crippen molar-refractivity contribution in [1.29, 1.82) is 0 Å². The first-order chi connectivity index (χ1) is 10.2. The smallest absolute Gasteiger partial charge is 0.123 e. The maximum atomic E-state index is 13.6. The van der Waals surface area contributed by atoms with Crippen LogP contribution in [0.4, 0.5) is 4.39 Å². The van der Waals surface area contributed by atoms with Gasteiger partial charge in [-0.05, 0) is 47.0 Å². The van der Waals surface area contributed by atoms with Crippen molar-refractivity contribution in [2.75, 3.05) is 6.54 Å². The van der Waals surface area contributed by atoms with Crippen LogP contribution in [0.5, 0.6) is 0 Å². The highest BCUT2D eigenvalue weighted by Crippen LogP contribution is 2.31. The van der Waals surface area contributed by atoms with Crippen LogP contribution in [0.25, 0.3) is 0 Å². The summed E-state index contributed by atoms with van der Waals surface area (Å²) in [5.41, 5.74) is 4.51. The van der Waals surface area contributed by atoms with Gasteiger partial charge in [0.1, 0.15) is 5.82 Å². The van der Waals surface area contributed by atoms with Crippen LogP contribution in [0.15, 0.2) is 40.9 Å². The van der Waals surface area contributed by atoms with Gasteiger partial charge in [0.05, 0.1) is 19.3 Å². The minimum Gasteiger partial charge on any atom is -0.372 e. The molecule has 2 aromatic rings. The monoisotopic (exact) mass is 349 g/mol. The van der Waals surface area contributed by atoms with Gasteiger partial charge in [-0.25, -0.2) is 4.39 Å². The van der Waals surface area contributed by atoms with Crippen LogP contribution in [-0.4, -0.2) is 6.54 Å². The molecule has 4 heteroatoms. The molecule has 110 valence electrons. The van der Waals surface area contributed by atoms with Crippen molar-refractivity contribution in [2.45, 2.75) is 26.2 Å². The molecule has 0 aliphatic carbocycles. The van der Waals surface area contributed by atoms with Crippen molar-refractivity contribution in [2.24, 2.45) is 0 Å². The number of rotatable bonds is 4. The Kier molecular flexibility index (Phi) is 4.38. The van der Waals surface area contributed by atoms with Gasteiger partial charge in [0.25, 0.3) is 0 Å². The lowest BCUT2D eigenvalue weighted by Crippen LogP contribution is -2.22. The van der Waals surface area contributed by atoms with Gasteiger partial charge in [-0.1, -0.05) is 41.1 Å². The zero-order valence-electron chi connectivity index (χ0n) is 11.8. The third kappa shape index (κ3) is 3.03. The van der Waals surface area contributed by atoms with Crippen LogP contribution in [0, 0.1) is 5.82 Å². The van der Waals surface area contributed by atoms with E-state index in [-0.39, 0.29) is 11.9 Å². The molecule has 0 bridgehead atoms. The molecule has 0 radical (unpaired) electrons. The molecule has 0 fully saturated rings. The predicted molar refractivity (Wildman–Crippen MR) is 84.6 cm³/mol. The number of fused-ring (bicyclic) bond motifs is 1. The highest BCUT2D eigenvalue weighted by Gasteiger charge is 2.19. The van der Waals surface area contributed by atoms with E-state index in [2.05, 4.69) is 46.4 Å². The molecule has 1 unspecified atom stereocenters. The molecule has 0 amide bonds. The average Bonchev–Trinajstić information content (AvgIpc) is 2.95. The Bertz CT molecular complexity index is 659. The van der Waals surface area contributed by atoms with E-state index in [9.17, 15) is 4.39 Å². The second kappa shape index (κ2) is 6.26. The quantitative estimate of drug-likeness (QED) is 0.887. The fraction of sp³-hybridized carbons (Fsp3) is 0.294. The Morgan fingerprint density at radius 2 is 2.00 bits per heavy atom. The van der Waals surface area contributed by atoms with E-state index >= 15 is 0 Å². The Labute approximate surface area is 132 Å². The van der Waals surface area contributed by atoms with E-state index < -0.39 is 0 Å². The lowest BCUT2D eigenvalue weighted by molar-refractivity contribution is 0.134. The fourth-order valence-electron chi connectivity index (χ4n) is 2.72. The van der Waals surface area contributed by atoms with Crippen molar-refractivity contribution in [3.63, 3.8) is 0 Å². The zero-order valence-corrected chi connectivity index (χ0v) is 13.4. The first-order valence-corrected chi connectivity index (χ1v) is 7.86. The first-order valence-electron chi connectivity index (χ1n) is 7.07. The minimum atomic E-state index is -0.222. The molecule has 0 saturated carbocycles. The molecule has 1 atom stereocenters. The summed E-state index contributed by atoms with van der Waals surface area (Å²) < 4.78 is 20.0. The normalized spacial score (nSPS) is 15.0. The van der Waals surface area contributed by atoms with Gasteiger partial charge >= 0.3 is 0 Å². The lowest BCUT2D eigenvalue weighted by Gasteiger charge is -2.21. The highest BCUT2D eigenvalue weighted by atomic mass is 79.9. The summed E-state index contributed by atoms with van der Waals surface area (Å²) in [4.78, 5) is 0. The topological polar surface area (TPSA) is 21.3 Å². The van der Waals surface area contributed by atoms with Gasteiger partial charge in [-0.15, -0.1) is 0 Å². The largest absolute Gasteiger partial charge is 0.372 e. The molecule has 0 spiro atoms. The summed E-state index contributed by atoms with van der Waals surface area (Å²) >= 11 is 3.53. The van der Waals surface area contributed by atoms with Crippen LogP contribution in [0.3, 0.4) is 0 Å². The van der Waals surface area contributed by atoms with E-state index in [1.807, 2.05) is 0 Å². The SMILES string of the molecule is CCNC(c1ccc2c(c1)COC2)c1cc(F)ccc1Br. The Balaban J connectivity index is 2.03. The molecule has 1 aliphatic rings. The first kappa shape index (κ1) is 14.7. The van der Waals surface area contributed by atoms with E-state index in [0.29, 0.717) is 13.2 Å². The van der Waals surface area contributed by atoms with Crippen LogP contribution in [-0.2, 0) is 18.0 Å². The Morgan fingerprint density at radius 3 is 2.81 bits per heavy atom. The molecule has 3 rings (SSSR count). The van der Waals surface area contributed by atoms with E-state index in [0.717, 1.165) is 22.1 Å². The van der Waals surface area contributed by atoms with Crippen molar-refractivity contribution in [1.82, 2.24) is 5.32 Å². The van der Waals surface area contributed by atoms with Gasteiger partial charge < -0.3 is 10.1 Å². The Hall–Kier alpha value is -1.23. The van der Waals surface area contributed by atoms with Crippen molar-refractivity contribution in [3.05, 3.63) is 68.9 Å². The number of halogens is 2. The van der Waals surface area contributed by atoms with Gasteiger partial charge in [0, 0.05) is 4.47 Å². The third-order valence-electron chi connectivity index (χ3n) is 3.76. The molecule has 21 heavy (non-hydrogen) atoms. The number of hydrogen-bond donors (Lipinski definition) is 1. The molecular weight excluding hydrogens is 333 g/mol. The molecule has 1 aliphatic heterocycles. The number of nitrogens with one attached hydrogen (secondary N) is 1. The zero-order chi connectivity index (χ0) is 14.8. The molecule has 1 heterocycles. The second-order valence-corrected chi connectivity index (χ2v) is 6.03. The highest BCUT2D eigenvalue weighted by molar-refractivity contribution is 9.10. The van der Waals surface area contributed by atoms with Gasteiger partial charge in [0.15, 0.2) is 0 Å². The Morgan fingerprint density at radius 1 is 1.19 bits per heavy atom. The second-order valence-electron chi connectivity index (χ2n) is 5.18. The summed E-state index contributed by atoms with van der Waals surface area (Å²) in [5, 5.41) is 3.44.